The van der Waals surface area contributed by atoms with Gasteiger partial charge in [-0.1, -0.05) is 0 Å². The van der Waals surface area contributed by atoms with Crippen LogP contribution in [-0.4, -0.2) is 39.0 Å². The summed E-state index contributed by atoms with van der Waals surface area (Å²) in [5.74, 6) is 0. The van der Waals surface area contributed by atoms with Crippen LogP contribution in [-0.2, 0) is 0 Å². The molecule has 2 heterocycles. The molecular weight excluding hydrogens is 196 g/mol. The molecule has 6 heteroatoms. The number of hydrogen-bond donors (Lipinski definition) is 1. The van der Waals surface area contributed by atoms with Gasteiger partial charge in [0.2, 0.25) is 0 Å². The van der Waals surface area contributed by atoms with Gasteiger partial charge in [0, 0.05) is 19.3 Å². The SMILES string of the molecule is N#Cc1cnn([C@H]2CCN(C(=O)O)C2)c1. The molecule has 1 N–H and O–H groups in total. The van der Waals surface area contributed by atoms with Crippen LogP contribution in [0.3, 0.4) is 0 Å². The lowest BCUT2D eigenvalue weighted by molar-refractivity contribution is 0.154. The quantitative estimate of drug-likeness (QED) is 0.732. The van der Waals surface area contributed by atoms with Crippen LogP contribution in [0.2, 0.25) is 0 Å². The van der Waals surface area contributed by atoms with E-state index in [0.29, 0.717) is 18.7 Å². The van der Waals surface area contributed by atoms with Crippen LogP contribution < -0.4 is 0 Å². The van der Waals surface area contributed by atoms with Gasteiger partial charge in [-0.25, -0.2) is 4.79 Å². The van der Waals surface area contributed by atoms with Crippen molar-refractivity contribution in [3.05, 3.63) is 18.0 Å². The third-order valence-electron chi connectivity index (χ3n) is 2.54. The molecule has 0 aromatic carbocycles. The highest BCUT2D eigenvalue weighted by atomic mass is 16.4. The van der Waals surface area contributed by atoms with E-state index in [2.05, 4.69) is 5.10 Å². The summed E-state index contributed by atoms with van der Waals surface area (Å²) < 4.78 is 1.67. The van der Waals surface area contributed by atoms with Crippen LogP contribution in [0, 0.1) is 11.3 Å². The molecule has 78 valence electrons. The van der Waals surface area contributed by atoms with Crippen LogP contribution in [0.4, 0.5) is 4.79 Å². The van der Waals surface area contributed by atoms with Crippen molar-refractivity contribution in [3.8, 4) is 6.07 Å². The lowest BCUT2D eigenvalue weighted by Gasteiger charge is -2.12. The number of carboxylic acid groups (broad SMARTS) is 1. The van der Waals surface area contributed by atoms with Gasteiger partial charge in [0.25, 0.3) is 0 Å². The third-order valence-corrected chi connectivity index (χ3v) is 2.54. The van der Waals surface area contributed by atoms with Crippen molar-refractivity contribution >= 4 is 6.09 Å². The maximum atomic E-state index is 10.7. The highest BCUT2D eigenvalue weighted by molar-refractivity contribution is 5.65. The first-order valence-corrected chi connectivity index (χ1v) is 4.63. The van der Waals surface area contributed by atoms with Crippen molar-refractivity contribution in [1.29, 1.82) is 5.26 Å². The summed E-state index contributed by atoms with van der Waals surface area (Å²) in [5, 5.41) is 21.4. The maximum Gasteiger partial charge on any atom is 0.407 e. The zero-order valence-electron chi connectivity index (χ0n) is 8.00. The van der Waals surface area contributed by atoms with Gasteiger partial charge >= 0.3 is 6.09 Å². The van der Waals surface area contributed by atoms with Crippen molar-refractivity contribution in [1.82, 2.24) is 14.7 Å². The normalized spacial score (nSPS) is 20.2. The molecule has 0 unspecified atom stereocenters. The fourth-order valence-corrected chi connectivity index (χ4v) is 1.73. The number of hydrogen-bond acceptors (Lipinski definition) is 3. The Hall–Kier alpha value is -2.03. The largest absolute Gasteiger partial charge is 0.465 e. The maximum absolute atomic E-state index is 10.7. The Kier molecular flexibility index (Phi) is 2.29. The van der Waals surface area contributed by atoms with Gasteiger partial charge in [-0.15, -0.1) is 0 Å². The second-order valence-corrected chi connectivity index (χ2v) is 3.49. The standard InChI is InChI=1S/C9H10N4O2/c10-3-7-4-11-13(5-7)8-1-2-12(6-8)9(14)15/h4-5,8H,1-2,6H2,(H,14,15)/t8-/m0/s1. The van der Waals surface area contributed by atoms with Crippen LogP contribution in [0.5, 0.6) is 0 Å². The molecule has 1 amide bonds. The van der Waals surface area contributed by atoms with Crippen LogP contribution in [0.15, 0.2) is 12.4 Å². The van der Waals surface area contributed by atoms with Crippen molar-refractivity contribution in [3.63, 3.8) is 0 Å². The van der Waals surface area contributed by atoms with E-state index >= 15 is 0 Å². The smallest absolute Gasteiger partial charge is 0.407 e. The molecule has 2 rings (SSSR count). The highest BCUT2D eigenvalue weighted by Gasteiger charge is 2.27. The molecule has 0 radical (unpaired) electrons. The summed E-state index contributed by atoms with van der Waals surface area (Å²) >= 11 is 0. The van der Waals surface area contributed by atoms with Crippen LogP contribution >= 0.6 is 0 Å². The molecule has 1 aliphatic rings. The second-order valence-electron chi connectivity index (χ2n) is 3.49. The van der Waals surface area contributed by atoms with E-state index in [1.54, 1.807) is 10.9 Å². The topological polar surface area (TPSA) is 82.2 Å². The monoisotopic (exact) mass is 206 g/mol. The zero-order valence-corrected chi connectivity index (χ0v) is 8.00. The number of nitrogens with zero attached hydrogens (tertiary/aromatic N) is 4. The Morgan fingerprint density at radius 3 is 3.07 bits per heavy atom. The molecular formula is C9H10N4O2. The molecule has 1 atom stereocenters. The molecule has 0 spiro atoms. The van der Waals surface area contributed by atoms with Gasteiger partial charge in [-0.3, -0.25) is 4.68 Å². The molecule has 1 aliphatic heterocycles. The van der Waals surface area contributed by atoms with E-state index in [1.807, 2.05) is 6.07 Å². The van der Waals surface area contributed by atoms with E-state index in [0.717, 1.165) is 6.42 Å². The van der Waals surface area contributed by atoms with E-state index < -0.39 is 6.09 Å². The first-order chi connectivity index (χ1) is 7.20. The average molecular weight is 206 g/mol. The Labute approximate surface area is 86.3 Å². The third kappa shape index (κ3) is 1.76. The van der Waals surface area contributed by atoms with Crippen molar-refractivity contribution < 1.29 is 9.90 Å². The molecule has 0 bridgehead atoms. The Balaban J connectivity index is 2.08. The fourth-order valence-electron chi connectivity index (χ4n) is 1.73. The number of nitriles is 1. The Morgan fingerprint density at radius 2 is 2.53 bits per heavy atom. The van der Waals surface area contributed by atoms with Crippen molar-refractivity contribution in [2.75, 3.05) is 13.1 Å². The van der Waals surface area contributed by atoms with Crippen LogP contribution in [0.25, 0.3) is 0 Å². The average Bonchev–Trinajstić information content (AvgIpc) is 2.86. The summed E-state index contributed by atoms with van der Waals surface area (Å²) in [4.78, 5) is 12.0. The van der Waals surface area contributed by atoms with E-state index in [1.165, 1.54) is 11.1 Å². The van der Waals surface area contributed by atoms with Gasteiger partial charge < -0.3 is 10.0 Å². The van der Waals surface area contributed by atoms with Gasteiger partial charge in [-0.2, -0.15) is 10.4 Å². The molecule has 6 nitrogen and oxygen atoms in total. The molecule has 1 aromatic heterocycles. The number of amides is 1. The number of aromatic nitrogens is 2. The molecule has 15 heavy (non-hydrogen) atoms. The molecule has 0 aliphatic carbocycles. The highest BCUT2D eigenvalue weighted by Crippen LogP contribution is 2.20. The van der Waals surface area contributed by atoms with Gasteiger partial charge in [0.05, 0.1) is 17.8 Å². The fraction of sp³-hybridized carbons (Fsp3) is 0.444. The predicted molar refractivity (Wildman–Crippen MR) is 50.2 cm³/mol. The summed E-state index contributed by atoms with van der Waals surface area (Å²) in [6.07, 6.45) is 2.99. The Morgan fingerprint density at radius 1 is 1.73 bits per heavy atom. The minimum absolute atomic E-state index is 0.0585. The summed E-state index contributed by atoms with van der Waals surface area (Å²) in [6, 6.07) is 2.05. The predicted octanol–water partition coefficient (Wildman–Crippen LogP) is 0.680. The van der Waals surface area contributed by atoms with E-state index in [9.17, 15) is 4.79 Å². The van der Waals surface area contributed by atoms with Crippen LogP contribution in [0.1, 0.15) is 18.0 Å². The minimum atomic E-state index is -0.898. The van der Waals surface area contributed by atoms with Gasteiger partial charge in [0.1, 0.15) is 6.07 Å². The molecule has 1 aromatic rings. The summed E-state index contributed by atoms with van der Waals surface area (Å²) in [5.41, 5.74) is 0.503. The first-order valence-electron chi connectivity index (χ1n) is 4.63. The molecule has 1 fully saturated rings. The van der Waals surface area contributed by atoms with E-state index in [-0.39, 0.29) is 6.04 Å². The Bertz CT molecular complexity index is 420. The molecule has 1 saturated heterocycles. The number of carbonyl (C=O) groups is 1. The van der Waals surface area contributed by atoms with E-state index in [4.69, 9.17) is 10.4 Å². The zero-order chi connectivity index (χ0) is 10.8. The van der Waals surface area contributed by atoms with Crippen molar-refractivity contribution in [2.45, 2.75) is 12.5 Å². The lowest BCUT2D eigenvalue weighted by atomic mass is 10.3. The summed E-state index contributed by atoms with van der Waals surface area (Å²) in [7, 11) is 0. The number of likely N-dealkylation sites (tertiary alicyclic amines) is 1. The lowest BCUT2D eigenvalue weighted by Crippen LogP contribution is -2.27. The van der Waals surface area contributed by atoms with Crippen molar-refractivity contribution in [2.24, 2.45) is 0 Å². The minimum Gasteiger partial charge on any atom is -0.465 e. The van der Waals surface area contributed by atoms with Gasteiger partial charge in [-0.05, 0) is 6.42 Å². The van der Waals surface area contributed by atoms with Gasteiger partial charge in [0.15, 0.2) is 0 Å². The second kappa shape index (κ2) is 3.61. The summed E-state index contributed by atoms with van der Waals surface area (Å²) in [6.45, 7) is 0.976. The number of rotatable bonds is 1. The molecule has 0 saturated carbocycles. The first kappa shape index (κ1) is 9.52.